The number of fused-ring (bicyclic) bond motifs is 3. The number of aromatic nitrogens is 3. The van der Waals surface area contributed by atoms with Crippen LogP contribution in [0.4, 0.5) is 10.2 Å². The number of imidazole rings is 1. The summed E-state index contributed by atoms with van der Waals surface area (Å²) in [5, 5.41) is 22.5. The quantitative estimate of drug-likeness (QED) is 0.424. The van der Waals surface area contributed by atoms with Crippen LogP contribution in [0.15, 0.2) is 18.2 Å². The molecule has 3 aromatic rings. The van der Waals surface area contributed by atoms with Crippen LogP contribution in [0.5, 0.6) is 6.01 Å². The number of rotatable bonds is 5. The first kappa shape index (κ1) is 21.5. The number of carboxylic acids is 1. The molecule has 2 fully saturated rings. The molecule has 2 saturated heterocycles. The molecule has 34 heavy (non-hydrogen) atoms. The highest BCUT2D eigenvalue weighted by atomic mass is 35.5. The van der Waals surface area contributed by atoms with Crippen molar-refractivity contribution in [2.75, 3.05) is 18.5 Å². The number of carbonyl (C=O) groups is 1. The van der Waals surface area contributed by atoms with Crippen LogP contribution in [0.25, 0.3) is 11.2 Å². The van der Waals surface area contributed by atoms with Crippen LogP contribution in [0, 0.1) is 5.82 Å². The number of hydrogen-bond donors (Lipinski definition) is 4. The van der Waals surface area contributed by atoms with Gasteiger partial charge >= 0.3 is 5.97 Å². The standard InChI is InChI=1S/C22H20ClFN4O6/c23-10-5-13-20(28-22(26-13)34-15-7-33-17-14(29)6-32-18(15)17)27-19(10)25-12-2-1-8-3-9(21(30)31)4-11(24)16(8)12/h3-5,12,14-15,17-18,29H,1-2,6-7H2,(H,30,31)(H2,25,26,27,28)/t12?,14-,15?,17-,18-/m1/s1. The lowest BCUT2D eigenvalue weighted by Crippen LogP contribution is -2.34. The third kappa shape index (κ3) is 3.56. The molecule has 0 radical (unpaired) electrons. The SMILES string of the molecule is O=C(O)c1cc(F)c2c(c1)CCC2Nc1nc2nc(OC3CO[C@@H]4[C@H](O)CO[C@H]34)[nH]c2cc1Cl. The Balaban J connectivity index is 1.23. The number of carboxylic acid groups (broad SMARTS) is 1. The summed E-state index contributed by atoms with van der Waals surface area (Å²) in [7, 11) is 0. The average Bonchev–Trinajstić information content (AvgIpc) is 3.55. The fraction of sp³-hybridized carbons (Fsp3) is 0.409. The van der Waals surface area contributed by atoms with E-state index in [0.29, 0.717) is 46.0 Å². The molecule has 2 unspecified atom stereocenters. The van der Waals surface area contributed by atoms with Crippen molar-refractivity contribution >= 4 is 34.6 Å². The fourth-order valence-electron chi connectivity index (χ4n) is 4.89. The number of hydrogen-bond acceptors (Lipinski definition) is 8. The van der Waals surface area contributed by atoms with Gasteiger partial charge in [0.25, 0.3) is 6.01 Å². The van der Waals surface area contributed by atoms with Crippen LogP contribution in [0.2, 0.25) is 5.02 Å². The predicted octanol–water partition coefficient (Wildman–Crippen LogP) is 2.45. The monoisotopic (exact) mass is 490 g/mol. The topological polar surface area (TPSA) is 139 Å². The van der Waals surface area contributed by atoms with Crippen LogP contribution in [-0.2, 0) is 15.9 Å². The minimum atomic E-state index is -1.17. The Morgan fingerprint density at radius 3 is 2.88 bits per heavy atom. The summed E-state index contributed by atoms with van der Waals surface area (Å²) >= 11 is 6.43. The van der Waals surface area contributed by atoms with Crippen molar-refractivity contribution in [3.63, 3.8) is 0 Å². The van der Waals surface area contributed by atoms with E-state index < -0.39 is 36.1 Å². The van der Waals surface area contributed by atoms with Gasteiger partial charge in [-0.25, -0.2) is 14.2 Å². The van der Waals surface area contributed by atoms with Gasteiger partial charge in [0.05, 0.1) is 35.4 Å². The zero-order chi connectivity index (χ0) is 23.6. The molecular formula is C22H20ClFN4O6. The molecule has 6 rings (SSSR count). The van der Waals surface area contributed by atoms with Crippen LogP contribution < -0.4 is 10.1 Å². The normalized spacial score (nSPS) is 27.7. The maximum absolute atomic E-state index is 14.7. The Morgan fingerprint density at radius 2 is 2.06 bits per heavy atom. The summed E-state index contributed by atoms with van der Waals surface area (Å²) in [6.07, 6.45) is -0.798. The van der Waals surface area contributed by atoms with Crippen LogP contribution in [0.3, 0.4) is 0 Å². The third-order valence-electron chi connectivity index (χ3n) is 6.47. The number of pyridine rings is 1. The molecule has 5 atom stereocenters. The van der Waals surface area contributed by atoms with E-state index in [1.165, 1.54) is 6.07 Å². The highest BCUT2D eigenvalue weighted by Crippen LogP contribution is 2.38. The lowest BCUT2D eigenvalue weighted by Gasteiger charge is -2.16. The van der Waals surface area contributed by atoms with Gasteiger partial charge in [0.15, 0.2) is 11.8 Å². The number of anilines is 1. The molecule has 0 bridgehead atoms. The molecule has 3 aliphatic rings. The van der Waals surface area contributed by atoms with E-state index in [4.69, 9.17) is 25.8 Å². The Hall–Kier alpha value is -2.99. The van der Waals surface area contributed by atoms with Crippen molar-refractivity contribution in [1.82, 2.24) is 15.0 Å². The molecule has 2 aromatic heterocycles. The summed E-state index contributed by atoms with van der Waals surface area (Å²) < 4.78 is 31.7. The Morgan fingerprint density at radius 1 is 1.24 bits per heavy atom. The van der Waals surface area contributed by atoms with Crippen molar-refractivity contribution in [3.8, 4) is 6.01 Å². The summed E-state index contributed by atoms with van der Waals surface area (Å²) in [6.45, 7) is 0.463. The van der Waals surface area contributed by atoms with Crippen molar-refractivity contribution in [2.24, 2.45) is 0 Å². The van der Waals surface area contributed by atoms with E-state index in [9.17, 15) is 19.4 Å². The van der Waals surface area contributed by atoms with Gasteiger partial charge in [-0.2, -0.15) is 4.98 Å². The second-order valence-electron chi connectivity index (χ2n) is 8.62. The third-order valence-corrected chi connectivity index (χ3v) is 6.76. The zero-order valence-electron chi connectivity index (χ0n) is 17.6. The minimum absolute atomic E-state index is 0.0741. The summed E-state index contributed by atoms with van der Waals surface area (Å²) in [5.74, 6) is -1.41. The van der Waals surface area contributed by atoms with E-state index in [0.717, 1.165) is 6.07 Å². The lowest BCUT2D eigenvalue weighted by atomic mass is 10.0. The largest absolute Gasteiger partial charge is 0.478 e. The highest BCUT2D eigenvalue weighted by molar-refractivity contribution is 6.33. The summed E-state index contributed by atoms with van der Waals surface area (Å²) in [4.78, 5) is 23.1. The Bertz CT molecular complexity index is 1300. The molecule has 0 saturated carbocycles. The molecular weight excluding hydrogens is 471 g/mol. The molecule has 1 aromatic carbocycles. The number of aryl methyl sites for hydroxylation is 1. The fourth-order valence-corrected chi connectivity index (χ4v) is 5.10. The number of nitrogens with zero attached hydrogens (tertiary/aromatic N) is 2. The van der Waals surface area contributed by atoms with E-state index in [1.54, 1.807) is 6.07 Å². The number of nitrogens with one attached hydrogen (secondary N) is 2. The number of aliphatic hydroxyl groups excluding tert-OH is 1. The average molecular weight is 491 g/mol. The maximum atomic E-state index is 14.7. The van der Waals surface area contributed by atoms with Gasteiger partial charge in [0.2, 0.25) is 0 Å². The van der Waals surface area contributed by atoms with Crippen molar-refractivity contribution < 1.29 is 33.6 Å². The van der Waals surface area contributed by atoms with E-state index in [1.807, 2.05) is 0 Å². The van der Waals surface area contributed by atoms with E-state index in [-0.39, 0.29) is 30.9 Å². The van der Waals surface area contributed by atoms with Gasteiger partial charge < -0.3 is 34.7 Å². The smallest absolute Gasteiger partial charge is 0.335 e. The van der Waals surface area contributed by atoms with Gasteiger partial charge in [-0.1, -0.05) is 11.6 Å². The summed E-state index contributed by atoms with van der Waals surface area (Å²) in [6, 6.07) is 3.99. The number of H-pyrrole nitrogens is 1. The first-order valence-corrected chi connectivity index (χ1v) is 11.2. The van der Waals surface area contributed by atoms with E-state index >= 15 is 0 Å². The molecule has 4 heterocycles. The first-order chi connectivity index (χ1) is 16.4. The number of benzene rings is 1. The number of aliphatic hydroxyl groups is 1. The summed E-state index contributed by atoms with van der Waals surface area (Å²) in [5.41, 5.74) is 1.90. The zero-order valence-corrected chi connectivity index (χ0v) is 18.4. The van der Waals surface area contributed by atoms with Gasteiger partial charge in [0, 0.05) is 5.56 Å². The molecule has 1 aliphatic carbocycles. The molecule has 0 spiro atoms. The molecule has 10 nitrogen and oxygen atoms in total. The minimum Gasteiger partial charge on any atom is -0.478 e. The molecule has 2 aliphatic heterocycles. The van der Waals surface area contributed by atoms with Crippen molar-refractivity contribution in [3.05, 3.63) is 45.7 Å². The Labute approximate surface area is 197 Å². The second kappa shape index (κ2) is 8.05. The molecule has 0 amide bonds. The molecule has 12 heteroatoms. The number of aromatic carboxylic acids is 1. The second-order valence-corrected chi connectivity index (χ2v) is 9.03. The van der Waals surface area contributed by atoms with E-state index in [2.05, 4.69) is 20.3 Å². The lowest BCUT2D eigenvalue weighted by molar-refractivity contribution is 0.00706. The highest BCUT2D eigenvalue weighted by Gasteiger charge is 2.48. The van der Waals surface area contributed by atoms with Gasteiger partial charge in [0.1, 0.15) is 29.9 Å². The van der Waals surface area contributed by atoms with Gasteiger partial charge in [-0.15, -0.1) is 0 Å². The first-order valence-electron chi connectivity index (χ1n) is 10.8. The maximum Gasteiger partial charge on any atom is 0.335 e. The Kier molecular flexibility index (Phi) is 5.10. The van der Waals surface area contributed by atoms with Gasteiger partial charge in [-0.05, 0) is 36.6 Å². The van der Waals surface area contributed by atoms with Crippen molar-refractivity contribution in [1.29, 1.82) is 0 Å². The molecule has 4 N–H and O–H groups in total. The van der Waals surface area contributed by atoms with Crippen LogP contribution >= 0.6 is 11.6 Å². The van der Waals surface area contributed by atoms with Gasteiger partial charge in [-0.3, -0.25) is 0 Å². The number of ether oxygens (including phenoxy) is 3. The predicted molar refractivity (Wildman–Crippen MR) is 117 cm³/mol. The van der Waals surface area contributed by atoms with Crippen LogP contribution in [0.1, 0.15) is 33.9 Å². The number of halogens is 2. The number of aromatic amines is 1. The van der Waals surface area contributed by atoms with Crippen molar-refractivity contribution in [2.45, 2.75) is 43.3 Å². The van der Waals surface area contributed by atoms with Crippen LogP contribution in [-0.4, -0.2) is 68.8 Å². The molecule has 178 valence electrons.